The maximum Gasteiger partial charge on any atom is 0.347 e. The first kappa shape index (κ1) is 36.5. The van der Waals surface area contributed by atoms with Gasteiger partial charge in [-0.2, -0.15) is 0 Å². The smallest absolute Gasteiger partial charge is 0.347 e. The Balaban J connectivity index is 2.22. The predicted molar refractivity (Wildman–Crippen MR) is 169 cm³/mol. The second-order valence-electron chi connectivity index (χ2n) is 13.9. The molecule has 10 nitrogen and oxygen atoms in total. The summed E-state index contributed by atoms with van der Waals surface area (Å²) in [4.78, 5) is 51.6. The summed E-state index contributed by atoms with van der Waals surface area (Å²) in [5.41, 5.74) is -1.69. The predicted octanol–water partition coefficient (Wildman–Crippen LogP) is 6.03. The van der Waals surface area contributed by atoms with E-state index in [1.807, 2.05) is 13.1 Å². The highest BCUT2D eigenvalue weighted by molar-refractivity contribution is 6.74. The molecule has 242 valence electrons. The quantitative estimate of drug-likeness (QED) is 0.164. The van der Waals surface area contributed by atoms with Crippen molar-refractivity contribution in [3.63, 3.8) is 0 Å². The fourth-order valence-electron chi connectivity index (χ4n) is 3.74. The molecule has 2 N–H and O–H groups in total. The first-order chi connectivity index (χ1) is 20.1. The number of hydrogen-bond donors (Lipinski definition) is 2. The lowest BCUT2D eigenvalue weighted by molar-refractivity contribution is -0.154. The van der Waals surface area contributed by atoms with E-state index in [1.165, 1.54) is 24.3 Å². The lowest BCUT2D eigenvalue weighted by Gasteiger charge is -2.43. The highest BCUT2D eigenvalue weighted by Crippen LogP contribution is 2.40. The highest BCUT2D eigenvalue weighted by atomic mass is 28.4. The maximum atomic E-state index is 13.5. The average molecular weight is 630 g/mol. The fraction of sp³-hybridized carbons (Fsp3) is 0.515. The van der Waals surface area contributed by atoms with E-state index in [0.29, 0.717) is 0 Å². The van der Waals surface area contributed by atoms with Crippen molar-refractivity contribution >= 4 is 32.1 Å². The minimum atomic E-state index is -2.49. The highest BCUT2D eigenvalue weighted by Gasteiger charge is 2.46. The van der Waals surface area contributed by atoms with Crippen molar-refractivity contribution in [3.05, 3.63) is 59.7 Å². The molecule has 0 aliphatic rings. The molecule has 0 saturated heterocycles. The Bertz CT molecular complexity index is 1340. The van der Waals surface area contributed by atoms with Gasteiger partial charge in [-0.25, -0.2) is 9.59 Å². The summed E-state index contributed by atoms with van der Waals surface area (Å²) in [5, 5.41) is 12.6. The van der Waals surface area contributed by atoms with E-state index in [4.69, 9.17) is 18.6 Å². The molecule has 2 aromatic carbocycles. The number of para-hydroxylation sites is 2. The molecule has 0 saturated carbocycles. The van der Waals surface area contributed by atoms with Crippen molar-refractivity contribution in [1.82, 2.24) is 5.32 Å². The van der Waals surface area contributed by atoms with Crippen molar-refractivity contribution in [3.8, 4) is 11.5 Å². The van der Waals surface area contributed by atoms with E-state index >= 15 is 0 Å². The molecule has 44 heavy (non-hydrogen) atoms. The zero-order valence-electron chi connectivity index (χ0n) is 27.5. The second kappa shape index (κ2) is 14.4. The number of rotatable bonds is 12. The van der Waals surface area contributed by atoms with Crippen LogP contribution in [0.1, 0.15) is 82.5 Å². The second-order valence-corrected chi connectivity index (χ2v) is 18.6. The lowest BCUT2D eigenvalue weighted by Crippen LogP contribution is -2.55. The molecule has 0 radical (unpaired) electrons. The number of hydrogen-bond acceptors (Lipinski definition) is 9. The van der Waals surface area contributed by atoms with Crippen LogP contribution in [0.4, 0.5) is 0 Å². The molecule has 0 spiro atoms. The van der Waals surface area contributed by atoms with Crippen LogP contribution in [0.15, 0.2) is 48.5 Å². The number of ether oxygens (including phenoxy) is 3. The van der Waals surface area contributed by atoms with Gasteiger partial charge in [0, 0.05) is 12.0 Å². The molecule has 2 aromatic rings. The number of nitrogens with one attached hydrogen (secondary N) is 1. The van der Waals surface area contributed by atoms with Gasteiger partial charge in [0.15, 0.2) is 8.32 Å². The molecule has 1 amide bonds. The van der Waals surface area contributed by atoms with Crippen LogP contribution in [0.5, 0.6) is 11.5 Å². The minimum Gasteiger partial charge on any atom is -0.507 e. The van der Waals surface area contributed by atoms with Gasteiger partial charge in [-0.3, -0.25) is 9.59 Å². The van der Waals surface area contributed by atoms with Crippen LogP contribution in [0.25, 0.3) is 0 Å². The number of carbonyl (C=O) groups excluding carboxylic acids is 4. The molecule has 11 heteroatoms. The van der Waals surface area contributed by atoms with Gasteiger partial charge in [0.1, 0.15) is 34.3 Å². The number of phenolic OH excluding ortho intramolecular Hbond substituents is 1. The van der Waals surface area contributed by atoms with Crippen LogP contribution in [0.2, 0.25) is 18.1 Å². The number of esters is 3. The van der Waals surface area contributed by atoms with Gasteiger partial charge < -0.3 is 29.1 Å². The molecule has 0 aromatic heterocycles. The molecule has 1 unspecified atom stereocenters. The zero-order valence-corrected chi connectivity index (χ0v) is 28.5. The molecule has 0 fully saturated rings. The zero-order chi connectivity index (χ0) is 33.5. The van der Waals surface area contributed by atoms with Gasteiger partial charge in [-0.05, 0) is 63.2 Å². The molecular weight excluding hydrogens is 582 g/mol. The van der Waals surface area contributed by atoms with Gasteiger partial charge in [0.05, 0.1) is 13.0 Å². The summed E-state index contributed by atoms with van der Waals surface area (Å²) in [6.07, 6.45) is -1.02. The topological polar surface area (TPSA) is 137 Å². The summed E-state index contributed by atoms with van der Waals surface area (Å²) in [5.74, 6) is -2.77. The third kappa shape index (κ3) is 10.5. The Morgan fingerprint density at radius 1 is 0.841 bits per heavy atom. The largest absolute Gasteiger partial charge is 0.507 e. The number of benzene rings is 2. The Labute approximate surface area is 261 Å². The van der Waals surface area contributed by atoms with Crippen molar-refractivity contribution < 1.29 is 42.9 Å². The van der Waals surface area contributed by atoms with Gasteiger partial charge in [0.25, 0.3) is 0 Å². The van der Waals surface area contributed by atoms with Crippen molar-refractivity contribution in [2.45, 2.75) is 91.6 Å². The van der Waals surface area contributed by atoms with Gasteiger partial charge in [-0.15, -0.1) is 0 Å². The Morgan fingerprint density at radius 3 is 1.98 bits per heavy atom. The Hall–Kier alpha value is -3.70. The molecule has 2 rings (SSSR count). The van der Waals surface area contributed by atoms with E-state index in [2.05, 4.69) is 26.1 Å². The van der Waals surface area contributed by atoms with Crippen LogP contribution in [-0.2, 0) is 23.5 Å². The molecule has 0 bridgehead atoms. The van der Waals surface area contributed by atoms with E-state index in [9.17, 15) is 24.3 Å². The number of amides is 1. The van der Waals surface area contributed by atoms with Crippen molar-refractivity contribution in [1.29, 1.82) is 0 Å². The van der Waals surface area contributed by atoms with E-state index < -0.39 is 49.3 Å². The lowest BCUT2D eigenvalue weighted by atomic mass is 9.87. The monoisotopic (exact) mass is 629 g/mol. The SMILES string of the molecule is CC(C)(C)OC(=O)CCNC(=O)C(O[Si](C)(C)C(C)(C)C)C(C)(C)COC(=O)c1ccccc1OC(=O)c1ccccc1O. The minimum absolute atomic E-state index is 0.00394. The van der Waals surface area contributed by atoms with E-state index in [0.717, 1.165) is 0 Å². The summed E-state index contributed by atoms with van der Waals surface area (Å²) in [6.45, 7) is 18.9. The standard InChI is InChI=1S/C33H47NO9Si/c1-31(2,3)42-26(36)19-20-34-28(37)27(43-44(9,10)32(4,5)6)33(7,8)21-40-29(38)23-16-12-14-18-25(23)41-30(39)22-15-11-13-17-24(22)35/h11-18,27,35H,19-21H2,1-10H3,(H,34,37). The third-order valence-electron chi connectivity index (χ3n) is 7.22. The third-order valence-corrected chi connectivity index (χ3v) is 11.7. The van der Waals surface area contributed by atoms with Crippen LogP contribution in [0.3, 0.4) is 0 Å². The Morgan fingerprint density at radius 2 is 1.41 bits per heavy atom. The van der Waals surface area contributed by atoms with Gasteiger partial charge in [-0.1, -0.05) is 58.9 Å². The number of phenols is 1. The normalized spacial score (nSPS) is 13.0. The molecule has 1 atom stereocenters. The summed E-state index contributed by atoms with van der Waals surface area (Å²) in [6, 6.07) is 12.0. The number of carbonyl (C=O) groups is 4. The summed E-state index contributed by atoms with van der Waals surface area (Å²) in [7, 11) is -2.49. The molecule has 0 aliphatic heterocycles. The van der Waals surface area contributed by atoms with Crippen molar-refractivity contribution in [2.24, 2.45) is 5.41 Å². The van der Waals surface area contributed by atoms with Crippen LogP contribution in [0, 0.1) is 5.41 Å². The van der Waals surface area contributed by atoms with Crippen molar-refractivity contribution in [2.75, 3.05) is 13.2 Å². The van der Waals surface area contributed by atoms with Crippen LogP contribution >= 0.6 is 0 Å². The average Bonchev–Trinajstić information content (AvgIpc) is 2.89. The summed E-state index contributed by atoms with van der Waals surface area (Å²) < 4.78 is 23.0. The molecular formula is C33H47NO9Si. The molecule has 0 aliphatic carbocycles. The van der Waals surface area contributed by atoms with E-state index in [-0.39, 0.29) is 47.2 Å². The number of aromatic hydroxyl groups is 1. The Kier molecular flexibility index (Phi) is 11.9. The fourth-order valence-corrected chi connectivity index (χ4v) is 5.11. The van der Waals surface area contributed by atoms with Crippen LogP contribution in [-0.4, -0.2) is 62.1 Å². The van der Waals surface area contributed by atoms with Gasteiger partial charge in [0.2, 0.25) is 5.91 Å². The summed E-state index contributed by atoms with van der Waals surface area (Å²) >= 11 is 0. The first-order valence-electron chi connectivity index (χ1n) is 14.6. The first-order valence-corrected chi connectivity index (χ1v) is 17.5. The molecule has 0 heterocycles. The van der Waals surface area contributed by atoms with Crippen LogP contribution < -0.4 is 10.1 Å². The maximum absolute atomic E-state index is 13.5. The van der Waals surface area contributed by atoms with Gasteiger partial charge >= 0.3 is 17.9 Å². The van der Waals surface area contributed by atoms with E-state index in [1.54, 1.807) is 58.9 Å².